The van der Waals surface area contributed by atoms with Crippen molar-refractivity contribution >= 4 is 11.8 Å². The Labute approximate surface area is 213 Å². The Morgan fingerprint density at radius 1 is 0.917 bits per heavy atom. The maximum Gasteiger partial charge on any atom is 0.412 e. The van der Waals surface area contributed by atoms with Crippen molar-refractivity contribution in [3.63, 3.8) is 0 Å². The van der Waals surface area contributed by atoms with Crippen LogP contribution in [0.2, 0.25) is 0 Å². The van der Waals surface area contributed by atoms with E-state index in [1.54, 1.807) is 0 Å². The van der Waals surface area contributed by atoms with Gasteiger partial charge in [0.05, 0.1) is 0 Å². The fraction of sp³-hybridized carbons (Fsp3) is 0.367. The van der Waals surface area contributed by atoms with Crippen molar-refractivity contribution in [2.24, 2.45) is 0 Å². The van der Waals surface area contributed by atoms with E-state index in [2.05, 4.69) is 81.7 Å². The van der Waals surface area contributed by atoms with E-state index in [4.69, 9.17) is 4.74 Å². The molecule has 1 atom stereocenters. The molecule has 36 heavy (non-hydrogen) atoms. The molecule has 6 heteroatoms. The molecule has 3 heterocycles. The number of rotatable bonds is 5. The zero-order valence-electron chi connectivity index (χ0n) is 21.0. The number of carbonyl (C=O) groups is 1. The van der Waals surface area contributed by atoms with Gasteiger partial charge in [-0.1, -0.05) is 48.5 Å². The Morgan fingerprint density at radius 2 is 1.69 bits per heavy atom. The van der Waals surface area contributed by atoms with Gasteiger partial charge in [-0.05, 0) is 65.3 Å². The molecule has 3 aliphatic heterocycles. The number of carbonyl (C=O) groups excluding carboxylic acids is 1. The molecule has 0 saturated carbocycles. The molecular weight excluding hydrogens is 448 g/mol. The minimum absolute atomic E-state index is 0.255. The average molecular weight is 483 g/mol. The van der Waals surface area contributed by atoms with Crippen LogP contribution in [0.25, 0.3) is 0 Å². The molecule has 1 N–H and O–H groups in total. The minimum Gasteiger partial charge on any atom is -0.410 e. The third kappa shape index (κ3) is 4.59. The van der Waals surface area contributed by atoms with Crippen LogP contribution in [0.3, 0.4) is 0 Å². The van der Waals surface area contributed by atoms with Gasteiger partial charge in [0.2, 0.25) is 0 Å². The van der Waals surface area contributed by atoms with E-state index in [1.165, 1.54) is 33.5 Å². The summed E-state index contributed by atoms with van der Waals surface area (Å²) in [5.74, 6) is 0.600. The second-order valence-electron chi connectivity index (χ2n) is 10.2. The normalized spacial score (nSPS) is 19.0. The molecule has 0 aromatic heterocycles. The van der Waals surface area contributed by atoms with Crippen LogP contribution in [-0.4, -0.2) is 49.1 Å². The zero-order valence-corrected chi connectivity index (χ0v) is 21.0. The number of fused-ring (bicyclic) bond motifs is 5. The highest BCUT2D eigenvalue weighted by Crippen LogP contribution is 2.42. The third-order valence-corrected chi connectivity index (χ3v) is 7.86. The second kappa shape index (κ2) is 9.96. The largest absolute Gasteiger partial charge is 0.412 e. The van der Waals surface area contributed by atoms with E-state index >= 15 is 0 Å². The summed E-state index contributed by atoms with van der Waals surface area (Å²) in [7, 11) is 2.16. The van der Waals surface area contributed by atoms with E-state index in [0.29, 0.717) is 12.3 Å². The van der Waals surface area contributed by atoms with E-state index in [0.717, 1.165) is 52.0 Å². The van der Waals surface area contributed by atoms with Gasteiger partial charge in [-0.2, -0.15) is 0 Å². The lowest BCUT2D eigenvalue weighted by atomic mass is 9.93. The third-order valence-electron chi connectivity index (χ3n) is 7.86. The Kier molecular flexibility index (Phi) is 6.38. The summed E-state index contributed by atoms with van der Waals surface area (Å²) in [5, 5.41) is 2.93. The summed E-state index contributed by atoms with van der Waals surface area (Å²) in [6, 6.07) is 23.5. The highest BCUT2D eigenvalue weighted by atomic mass is 16.6. The highest BCUT2D eigenvalue weighted by Gasteiger charge is 2.35. The number of nitrogens with one attached hydrogen (secondary N) is 1. The number of amides is 1. The fourth-order valence-corrected chi connectivity index (χ4v) is 6.04. The van der Waals surface area contributed by atoms with Crippen LogP contribution in [0.4, 0.5) is 10.5 Å². The molecular formula is C30H34N4O2. The lowest BCUT2D eigenvalue weighted by Gasteiger charge is -2.47. The second-order valence-corrected chi connectivity index (χ2v) is 10.2. The van der Waals surface area contributed by atoms with Gasteiger partial charge in [-0.3, -0.25) is 9.80 Å². The first kappa shape index (κ1) is 23.1. The van der Waals surface area contributed by atoms with Gasteiger partial charge < -0.3 is 15.0 Å². The van der Waals surface area contributed by atoms with E-state index < -0.39 is 0 Å². The van der Waals surface area contributed by atoms with Crippen molar-refractivity contribution in [1.82, 2.24) is 15.1 Å². The van der Waals surface area contributed by atoms with Crippen molar-refractivity contribution in [3.8, 4) is 5.75 Å². The molecule has 1 unspecified atom stereocenters. The van der Waals surface area contributed by atoms with Gasteiger partial charge in [0, 0.05) is 52.0 Å². The molecule has 3 aromatic rings. The number of anilines is 1. The van der Waals surface area contributed by atoms with Crippen molar-refractivity contribution in [1.29, 1.82) is 0 Å². The van der Waals surface area contributed by atoms with Crippen molar-refractivity contribution in [3.05, 3.63) is 94.5 Å². The quantitative estimate of drug-likeness (QED) is 0.533. The minimum atomic E-state index is -0.382. The summed E-state index contributed by atoms with van der Waals surface area (Å²) in [6.45, 7) is 5.54. The molecule has 6 rings (SSSR count). The maximum atomic E-state index is 12.5. The van der Waals surface area contributed by atoms with Gasteiger partial charge in [-0.25, -0.2) is 4.79 Å². The van der Waals surface area contributed by atoms with E-state index in [1.807, 2.05) is 12.1 Å². The molecule has 6 nitrogen and oxygen atoms in total. The molecule has 0 bridgehead atoms. The maximum absolute atomic E-state index is 12.5. The number of nitrogens with zero attached hydrogens (tertiary/aromatic N) is 3. The number of benzene rings is 3. The Hall–Kier alpha value is -3.35. The summed E-state index contributed by atoms with van der Waals surface area (Å²) in [5.41, 5.74) is 8.12. The summed E-state index contributed by atoms with van der Waals surface area (Å²) in [6.07, 6.45) is 2.95. The van der Waals surface area contributed by atoms with Crippen molar-refractivity contribution < 1.29 is 9.53 Å². The first-order chi connectivity index (χ1) is 17.7. The number of ether oxygens (including phenoxy) is 1. The van der Waals surface area contributed by atoms with Crippen LogP contribution in [0.5, 0.6) is 5.75 Å². The van der Waals surface area contributed by atoms with Gasteiger partial charge >= 0.3 is 6.09 Å². The molecule has 186 valence electrons. The molecule has 1 amide bonds. The molecule has 0 saturated heterocycles. The standard InChI is InChI=1S/C30H34N4O2/c1-32-28-12-11-26(19-25(28)21-34-18-14-23-8-4-5-10-27(23)29(32)34)36-30(35)31-15-6-16-33-17-13-22-7-2-3-9-24(22)20-33/h2-5,7-12,19,29H,6,13-18,20-21H2,1H3,(H,31,35). The van der Waals surface area contributed by atoms with Crippen LogP contribution in [0, 0.1) is 0 Å². The summed E-state index contributed by atoms with van der Waals surface area (Å²) < 4.78 is 5.65. The van der Waals surface area contributed by atoms with Crippen molar-refractivity contribution in [2.75, 3.05) is 38.1 Å². The van der Waals surface area contributed by atoms with Crippen LogP contribution >= 0.6 is 0 Å². The molecule has 0 spiro atoms. The first-order valence-electron chi connectivity index (χ1n) is 13.1. The van der Waals surface area contributed by atoms with Gasteiger partial charge in [-0.15, -0.1) is 0 Å². The average Bonchev–Trinajstić information content (AvgIpc) is 2.90. The number of hydrogen-bond donors (Lipinski definition) is 1. The predicted octanol–water partition coefficient (Wildman–Crippen LogP) is 4.73. The molecule has 3 aromatic carbocycles. The SMILES string of the molecule is CN1c2ccc(OC(=O)NCCCN3CCc4ccccc4C3)cc2CN2CCc3ccccc3C21. The lowest BCUT2D eigenvalue weighted by molar-refractivity contribution is 0.163. The van der Waals surface area contributed by atoms with Gasteiger partial charge in [0.15, 0.2) is 0 Å². The monoisotopic (exact) mass is 482 g/mol. The number of hydrogen-bond acceptors (Lipinski definition) is 5. The summed E-state index contributed by atoms with van der Waals surface area (Å²) >= 11 is 0. The highest BCUT2D eigenvalue weighted by molar-refractivity contribution is 5.71. The Balaban J connectivity index is 1.02. The van der Waals surface area contributed by atoms with Crippen molar-refractivity contribution in [2.45, 2.75) is 38.5 Å². The zero-order chi connectivity index (χ0) is 24.5. The summed E-state index contributed by atoms with van der Waals surface area (Å²) in [4.78, 5) is 19.8. The topological polar surface area (TPSA) is 48.1 Å². The smallest absolute Gasteiger partial charge is 0.410 e. The Morgan fingerprint density at radius 3 is 2.58 bits per heavy atom. The van der Waals surface area contributed by atoms with E-state index in [-0.39, 0.29) is 12.3 Å². The predicted molar refractivity (Wildman–Crippen MR) is 142 cm³/mol. The van der Waals surface area contributed by atoms with E-state index in [9.17, 15) is 4.79 Å². The molecule has 3 aliphatic rings. The fourth-order valence-electron chi connectivity index (χ4n) is 6.04. The molecule has 0 fully saturated rings. The van der Waals surface area contributed by atoms with Crippen LogP contribution in [0.15, 0.2) is 66.7 Å². The molecule has 0 radical (unpaired) electrons. The molecule has 0 aliphatic carbocycles. The lowest BCUT2D eigenvalue weighted by Crippen LogP contribution is -2.47. The van der Waals surface area contributed by atoms with Gasteiger partial charge in [0.25, 0.3) is 0 Å². The van der Waals surface area contributed by atoms with Crippen LogP contribution < -0.4 is 15.0 Å². The van der Waals surface area contributed by atoms with Crippen LogP contribution in [-0.2, 0) is 25.9 Å². The first-order valence-corrected chi connectivity index (χ1v) is 13.1. The van der Waals surface area contributed by atoms with Crippen LogP contribution in [0.1, 0.15) is 40.4 Å². The van der Waals surface area contributed by atoms with Gasteiger partial charge in [0.1, 0.15) is 11.9 Å². The Bertz CT molecular complexity index is 1260.